The molecule has 1 aliphatic rings. The molecule has 4 rings (SSSR count). The van der Waals surface area contributed by atoms with Crippen LogP contribution >= 0.6 is 24.8 Å². The minimum Gasteiger partial charge on any atom is -0.347 e. The molecule has 0 spiro atoms. The van der Waals surface area contributed by atoms with Gasteiger partial charge in [0.1, 0.15) is 5.82 Å². The number of amides is 1. The summed E-state index contributed by atoms with van der Waals surface area (Å²) in [6, 6.07) is 14.0. The summed E-state index contributed by atoms with van der Waals surface area (Å²) in [6.07, 6.45) is 5.32. The Kier molecular flexibility index (Phi) is 8.65. The molecule has 8 heteroatoms. The number of halogens is 3. The Morgan fingerprint density at radius 1 is 1.17 bits per heavy atom. The summed E-state index contributed by atoms with van der Waals surface area (Å²) in [4.78, 5) is 17.4. The molecule has 3 atom stereocenters. The summed E-state index contributed by atoms with van der Waals surface area (Å²) in [6.45, 7) is 0.524. The van der Waals surface area contributed by atoms with Gasteiger partial charge in [-0.3, -0.25) is 4.79 Å². The number of nitrogens with two attached hydrogens (primary N) is 1. The van der Waals surface area contributed by atoms with Crippen molar-refractivity contribution >= 4 is 41.8 Å². The molecular weight excluding hydrogens is 426 g/mol. The average Bonchev–Trinajstić information content (AvgIpc) is 3.11. The average molecular weight is 453 g/mol. The third kappa shape index (κ3) is 5.50. The Morgan fingerprint density at radius 3 is 2.63 bits per heavy atom. The summed E-state index contributed by atoms with van der Waals surface area (Å²) < 4.78 is 15.4. The van der Waals surface area contributed by atoms with Gasteiger partial charge in [0.25, 0.3) is 0 Å². The highest BCUT2D eigenvalue weighted by Crippen LogP contribution is 2.25. The summed E-state index contributed by atoms with van der Waals surface area (Å²) in [5.74, 6) is -0.333. The van der Waals surface area contributed by atoms with Gasteiger partial charge in [-0.15, -0.1) is 24.8 Å². The maximum absolute atomic E-state index is 13.4. The predicted octanol–water partition coefficient (Wildman–Crippen LogP) is 4.39. The standard InChI is InChI=1S/C22H25FN4O.2ClH/c23-17-10-8-15(9-11-17)20(26-22(28)16-4-3-5-18(24)12-16)13-27-14-25-19-6-1-2-7-21(19)27;;/h1-2,6-11,14,16,18,20H,3-5,12-13,24H2,(H,26,28);2*1H. The highest BCUT2D eigenvalue weighted by molar-refractivity contribution is 5.85. The van der Waals surface area contributed by atoms with Crippen molar-refractivity contribution < 1.29 is 9.18 Å². The van der Waals surface area contributed by atoms with Crippen molar-refractivity contribution in [2.24, 2.45) is 11.7 Å². The molecule has 2 aromatic carbocycles. The van der Waals surface area contributed by atoms with E-state index in [1.807, 2.05) is 28.8 Å². The van der Waals surface area contributed by atoms with Gasteiger partial charge in [-0.2, -0.15) is 0 Å². The van der Waals surface area contributed by atoms with Crippen LogP contribution in [-0.4, -0.2) is 21.5 Å². The van der Waals surface area contributed by atoms with Crippen LogP contribution in [0.1, 0.15) is 37.3 Å². The zero-order valence-electron chi connectivity index (χ0n) is 16.5. The molecule has 1 saturated carbocycles. The Hall–Kier alpha value is -2.15. The predicted molar refractivity (Wildman–Crippen MR) is 121 cm³/mol. The second-order valence-electron chi connectivity index (χ2n) is 7.62. The third-order valence-electron chi connectivity index (χ3n) is 5.58. The number of para-hydroxylation sites is 2. The van der Waals surface area contributed by atoms with E-state index in [2.05, 4.69) is 10.3 Å². The summed E-state index contributed by atoms with van der Waals surface area (Å²) in [7, 11) is 0. The van der Waals surface area contributed by atoms with Crippen LogP contribution in [0.15, 0.2) is 54.9 Å². The minimum atomic E-state index is -0.292. The van der Waals surface area contributed by atoms with E-state index in [4.69, 9.17) is 5.73 Å². The van der Waals surface area contributed by atoms with Crippen molar-refractivity contribution in [1.29, 1.82) is 0 Å². The molecular formula is C22H27Cl2FN4O. The van der Waals surface area contributed by atoms with Gasteiger partial charge in [0.05, 0.1) is 23.4 Å². The third-order valence-corrected chi connectivity index (χ3v) is 5.58. The molecule has 0 bridgehead atoms. The number of hydrogen-bond acceptors (Lipinski definition) is 3. The second-order valence-corrected chi connectivity index (χ2v) is 7.62. The first-order valence-electron chi connectivity index (χ1n) is 9.81. The molecule has 3 N–H and O–H groups in total. The number of imidazole rings is 1. The molecule has 5 nitrogen and oxygen atoms in total. The maximum Gasteiger partial charge on any atom is 0.223 e. The van der Waals surface area contributed by atoms with Crippen LogP contribution in [0.25, 0.3) is 11.0 Å². The van der Waals surface area contributed by atoms with E-state index in [1.54, 1.807) is 18.5 Å². The fourth-order valence-electron chi connectivity index (χ4n) is 4.04. The van der Waals surface area contributed by atoms with Crippen LogP contribution in [0.2, 0.25) is 0 Å². The van der Waals surface area contributed by atoms with Crippen LogP contribution in [0.4, 0.5) is 4.39 Å². The Bertz CT molecular complexity index is 963. The molecule has 1 amide bonds. The van der Waals surface area contributed by atoms with Gasteiger partial charge < -0.3 is 15.6 Å². The van der Waals surface area contributed by atoms with Gasteiger partial charge in [0.2, 0.25) is 5.91 Å². The van der Waals surface area contributed by atoms with Gasteiger partial charge in [0, 0.05) is 18.5 Å². The molecule has 1 fully saturated rings. The Balaban J connectivity index is 0.00000160. The number of aromatic nitrogens is 2. The summed E-state index contributed by atoms with van der Waals surface area (Å²) in [5.41, 5.74) is 8.84. The first kappa shape index (κ1) is 24.1. The zero-order valence-corrected chi connectivity index (χ0v) is 18.2. The number of fused-ring (bicyclic) bond motifs is 1. The van der Waals surface area contributed by atoms with E-state index in [1.165, 1.54) is 12.1 Å². The van der Waals surface area contributed by atoms with Crippen molar-refractivity contribution in [3.63, 3.8) is 0 Å². The van der Waals surface area contributed by atoms with Gasteiger partial charge >= 0.3 is 0 Å². The van der Waals surface area contributed by atoms with Crippen LogP contribution in [0.5, 0.6) is 0 Å². The van der Waals surface area contributed by atoms with Crippen molar-refractivity contribution in [2.45, 2.75) is 44.3 Å². The van der Waals surface area contributed by atoms with E-state index >= 15 is 0 Å². The van der Waals surface area contributed by atoms with Gasteiger partial charge in [0.15, 0.2) is 0 Å². The van der Waals surface area contributed by atoms with Crippen molar-refractivity contribution in [3.8, 4) is 0 Å². The maximum atomic E-state index is 13.4. The first-order valence-corrected chi connectivity index (χ1v) is 9.81. The molecule has 3 unspecified atom stereocenters. The number of hydrogen-bond donors (Lipinski definition) is 2. The molecule has 1 heterocycles. The van der Waals surface area contributed by atoms with Crippen molar-refractivity contribution in [3.05, 3.63) is 66.2 Å². The van der Waals surface area contributed by atoms with Crippen molar-refractivity contribution in [1.82, 2.24) is 14.9 Å². The van der Waals surface area contributed by atoms with Crippen LogP contribution in [0.3, 0.4) is 0 Å². The van der Waals surface area contributed by atoms with Gasteiger partial charge in [-0.25, -0.2) is 9.37 Å². The quantitative estimate of drug-likeness (QED) is 0.602. The monoisotopic (exact) mass is 452 g/mol. The number of rotatable bonds is 5. The van der Waals surface area contributed by atoms with E-state index in [0.29, 0.717) is 6.54 Å². The van der Waals surface area contributed by atoms with E-state index < -0.39 is 0 Å². The number of nitrogens with one attached hydrogen (secondary N) is 1. The minimum absolute atomic E-state index is 0. The van der Waals surface area contributed by atoms with Gasteiger partial charge in [-0.1, -0.05) is 30.7 Å². The number of benzene rings is 2. The van der Waals surface area contributed by atoms with Gasteiger partial charge in [-0.05, 0) is 49.1 Å². The summed E-state index contributed by atoms with van der Waals surface area (Å²) >= 11 is 0. The SMILES string of the molecule is Cl.Cl.NC1CCCC(C(=O)NC(Cn2cnc3ccccc32)c2ccc(F)cc2)C1. The first-order chi connectivity index (χ1) is 13.6. The Labute approximate surface area is 188 Å². The number of carbonyl (C=O) groups is 1. The molecule has 1 aromatic heterocycles. The highest BCUT2D eigenvalue weighted by Gasteiger charge is 2.27. The zero-order chi connectivity index (χ0) is 19.5. The fourth-order valence-corrected chi connectivity index (χ4v) is 4.04. The molecule has 0 radical (unpaired) electrons. The lowest BCUT2D eigenvalue weighted by molar-refractivity contribution is -0.127. The van der Waals surface area contributed by atoms with Crippen LogP contribution in [-0.2, 0) is 11.3 Å². The lowest BCUT2D eigenvalue weighted by Gasteiger charge is -2.28. The lowest BCUT2D eigenvalue weighted by atomic mass is 9.85. The topological polar surface area (TPSA) is 72.9 Å². The van der Waals surface area contributed by atoms with E-state index in [-0.39, 0.29) is 54.5 Å². The van der Waals surface area contributed by atoms with Crippen molar-refractivity contribution in [2.75, 3.05) is 0 Å². The highest BCUT2D eigenvalue weighted by atomic mass is 35.5. The normalized spacial score (nSPS) is 19.4. The molecule has 0 saturated heterocycles. The molecule has 0 aliphatic heterocycles. The van der Waals surface area contributed by atoms with E-state index in [0.717, 1.165) is 42.3 Å². The summed E-state index contributed by atoms with van der Waals surface area (Å²) in [5, 5.41) is 3.18. The smallest absolute Gasteiger partial charge is 0.223 e. The molecule has 162 valence electrons. The van der Waals surface area contributed by atoms with Crippen LogP contribution in [0, 0.1) is 11.7 Å². The molecule has 3 aromatic rings. The largest absolute Gasteiger partial charge is 0.347 e. The molecule has 1 aliphatic carbocycles. The fraction of sp³-hybridized carbons (Fsp3) is 0.364. The number of carbonyl (C=O) groups excluding carboxylic acids is 1. The lowest BCUT2D eigenvalue weighted by Crippen LogP contribution is -2.40. The molecule has 30 heavy (non-hydrogen) atoms. The second kappa shape index (κ2) is 10.8. The van der Waals surface area contributed by atoms with Crippen LogP contribution < -0.4 is 11.1 Å². The van der Waals surface area contributed by atoms with E-state index in [9.17, 15) is 9.18 Å². The number of nitrogens with zero attached hydrogens (tertiary/aromatic N) is 2. The Morgan fingerprint density at radius 2 is 1.90 bits per heavy atom.